The molecule has 1 aliphatic heterocycles. The Bertz CT molecular complexity index is 716. The highest BCUT2D eigenvalue weighted by Crippen LogP contribution is 2.51. The molecule has 2 fully saturated rings. The maximum absolute atomic E-state index is 9.83. The lowest BCUT2D eigenvalue weighted by Crippen LogP contribution is -2.44. The van der Waals surface area contributed by atoms with Gasteiger partial charge in [-0.25, -0.2) is 4.98 Å². The fraction of sp³-hybridized carbons (Fsp3) is 0.600. The number of aromatic nitrogens is 2. The molecule has 1 atom stereocenters. The normalized spacial score (nSPS) is 24.0. The zero-order chi connectivity index (χ0) is 15.3. The van der Waals surface area contributed by atoms with Gasteiger partial charge in [-0.05, 0) is 42.9 Å². The van der Waals surface area contributed by atoms with E-state index < -0.39 is 0 Å². The van der Waals surface area contributed by atoms with Gasteiger partial charge in [0, 0.05) is 12.0 Å². The smallest absolute Gasteiger partial charge is 0.169 e. The molecular weight excluding hydrogens is 322 g/mol. The Hall–Kier alpha value is -0.950. The molecule has 4 rings (SSSR count). The summed E-state index contributed by atoms with van der Waals surface area (Å²) in [5.74, 6) is 0.917. The zero-order valence-corrected chi connectivity index (χ0v) is 14.0. The van der Waals surface area contributed by atoms with E-state index in [1.54, 1.807) is 0 Å². The van der Waals surface area contributed by atoms with Gasteiger partial charge < -0.3 is 14.7 Å². The first-order valence-electron chi connectivity index (χ1n) is 7.56. The Morgan fingerprint density at radius 2 is 2.36 bits per heavy atom. The van der Waals surface area contributed by atoms with Gasteiger partial charge in [-0.2, -0.15) is 4.37 Å². The summed E-state index contributed by atoms with van der Waals surface area (Å²) in [5.41, 5.74) is 1.79. The maximum Gasteiger partial charge on any atom is 0.169 e. The molecule has 118 valence electrons. The van der Waals surface area contributed by atoms with Crippen LogP contribution in [0.15, 0.2) is 6.07 Å². The van der Waals surface area contributed by atoms with Crippen LogP contribution in [0.3, 0.4) is 0 Å². The van der Waals surface area contributed by atoms with Crippen LogP contribution in [0, 0.1) is 0 Å². The van der Waals surface area contributed by atoms with E-state index in [4.69, 9.17) is 21.3 Å². The lowest BCUT2D eigenvalue weighted by atomic mass is 9.97. The molecule has 0 bridgehead atoms. The van der Waals surface area contributed by atoms with Gasteiger partial charge >= 0.3 is 0 Å². The Kier molecular flexibility index (Phi) is 3.52. The summed E-state index contributed by atoms with van der Waals surface area (Å²) in [6.45, 7) is 4.53. The molecule has 2 aromatic rings. The van der Waals surface area contributed by atoms with Crippen molar-refractivity contribution in [2.75, 3.05) is 31.3 Å². The molecule has 2 aliphatic rings. The van der Waals surface area contributed by atoms with Crippen LogP contribution in [-0.2, 0) is 10.2 Å². The Balaban J connectivity index is 1.87. The molecule has 1 N–H and O–H groups in total. The van der Waals surface area contributed by atoms with Crippen molar-refractivity contribution in [3.05, 3.63) is 16.8 Å². The SMILES string of the molecule is C[C@@H]1COCCN1c1cc(C2(CO)CC2)c2snc(Cl)c2n1. The average molecular weight is 340 g/mol. The van der Waals surface area contributed by atoms with E-state index in [0.717, 1.165) is 41.0 Å². The van der Waals surface area contributed by atoms with Crippen LogP contribution < -0.4 is 4.90 Å². The zero-order valence-electron chi connectivity index (χ0n) is 12.4. The van der Waals surface area contributed by atoms with E-state index in [1.165, 1.54) is 11.5 Å². The van der Waals surface area contributed by atoms with Gasteiger partial charge in [0.15, 0.2) is 5.15 Å². The van der Waals surface area contributed by atoms with Crippen LogP contribution in [0.25, 0.3) is 10.2 Å². The van der Waals surface area contributed by atoms with Gasteiger partial charge in [-0.1, -0.05) is 11.6 Å². The number of nitrogens with zero attached hydrogens (tertiary/aromatic N) is 3. The summed E-state index contributed by atoms with van der Waals surface area (Å²) in [4.78, 5) is 7.01. The highest BCUT2D eigenvalue weighted by atomic mass is 35.5. The fourth-order valence-corrected chi connectivity index (χ4v) is 4.31. The standard InChI is InChI=1S/C15H18ClN3O2S/c1-9-7-21-5-4-19(9)11-6-10(15(8-20)2-3-15)13-12(17-11)14(16)18-22-13/h6,9,20H,2-5,7-8H2,1H3/t9-/m1/s1. The summed E-state index contributed by atoms with van der Waals surface area (Å²) in [5, 5.41) is 10.3. The van der Waals surface area contributed by atoms with Gasteiger partial charge in [0.2, 0.25) is 0 Å². The van der Waals surface area contributed by atoms with Gasteiger partial charge in [0.25, 0.3) is 0 Å². The molecule has 2 aromatic heterocycles. The third kappa shape index (κ3) is 2.21. The van der Waals surface area contributed by atoms with Gasteiger partial charge in [-0.15, -0.1) is 0 Å². The molecule has 1 saturated heterocycles. The van der Waals surface area contributed by atoms with Gasteiger partial charge in [0.05, 0.1) is 30.6 Å². The number of aliphatic hydroxyl groups excluding tert-OH is 1. The van der Waals surface area contributed by atoms with Crippen molar-refractivity contribution in [1.82, 2.24) is 9.36 Å². The minimum atomic E-state index is -0.124. The highest BCUT2D eigenvalue weighted by Gasteiger charge is 2.46. The lowest BCUT2D eigenvalue weighted by Gasteiger charge is -2.34. The lowest BCUT2D eigenvalue weighted by molar-refractivity contribution is 0.0985. The summed E-state index contributed by atoms with van der Waals surface area (Å²) in [7, 11) is 0. The van der Waals surface area contributed by atoms with Crippen LogP contribution in [-0.4, -0.2) is 46.9 Å². The molecule has 0 spiro atoms. The van der Waals surface area contributed by atoms with E-state index in [1.807, 2.05) is 0 Å². The van der Waals surface area contributed by atoms with Gasteiger partial charge in [0.1, 0.15) is 11.3 Å². The third-order valence-electron chi connectivity index (χ3n) is 4.76. The molecule has 0 aromatic carbocycles. The van der Waals surface area contributed by atoms with Crippen molar-refractivity contribution in [2.24, 2.45) is 0 Å². The topological polar surface area (TPSA) is 58.5 Å². The number of hydrogen-bond acceptors (Lipinski definition) is 6. The Morgan fingerprint density at radius 3 is 3.05 bits per heavy atom. The number of rotatable bonds is 3. The van der Waals surface area contributed by atoms with Crippen molar-refractivity contribution >= 4 is 39.2 Å². The summed E-state index contributed by atoms with van der Waals surface area (Å²) in [6, 6.07) is 2.41. The van der Waals surface area contributed by atoms with Crippen LogP contribution in [0.1, 0.15) is 25.3 Å². The Labute approximate surface area is 138 Å². The number of pyridine rings is 1. The van der Waals surface area contributed by atoms with Crippen molar-refractivity contribution < 1.29 is 9.84 Å². The number of aliphatic hydroxyl groups is 1. The van der Waals surface area contributed by atoms with E-state index in [-0.39, 0.29) is 18.1 Å². The van der Waals surface area contributed by atoms with Gasteiger partial charge in [-0.3, -0.25) is 0 Å². The molecule has 0 unspecified atom stereocenters. The van der Waals surface area contributed by atoms with Crippen LogP contribution >= 0.6 is 23.1 Å². The van der Waals surface area contributed by atoms with Crippen molar-refractivity contribution in [1.29, 1.82) is 0 Å². The first-order valence-corrected chi connectivity index (χ1v) is 8.71. The molecule has 7 heteroatoms. The first kappa shape index (κ1) is 14.6. The molecular formula is C15H18ClN3O2S. The van der Waals surface area contributed by atoms with Crippen molar-refractivity contribution in [3.8, 4) is 0 Å². The van der Waals surface area contributed by atoms with Crippen LogP contribution in [0.2, 0.25) is 5.15 Å². The molecule has 5 nitrogen and oxygen atoms in total. The molecule has 1 aliphatic carbocycles. The highest BCUT2D eigenvalue weighted by molar-refractivity contribution is 7.14. The first-order chi connectivity index (χ1) is 10.6. The average Bonchev–Trinajstić information content (AvgIpc) is 3.25. The van der Waals surface area contributed by atoms with Crippen LogP contribution in [0.5, 0.6) is 0 Å². The number of ether oxygens (including phenoxy) is 1. The summed E-state index contributed by atoms with van der Waals surface area (Å²) in [6.07, 6.45) is 2.02. The second kappa shape index (κ2) is 5.30. The largest absolute Gasteiger partial charge is 0.395 e. The maximum atomic E-state index is 9.83. The molecule has 22 heavy (non-hydrogen) atoms. The number of anilines is 1. The van der Waals surface area contributed by atoms with Crippen LogP contribution in [0.4, 0.5) is 5.82 Å². The van der Waals surface area contributed by atoms with Crippen molar-refractivity contribution in [3.63, 3.8) is 0 Å². The number of fused-ring (bicyclic) bond motifs is 1. The molecule has 0 amide bonds. The number of hydrogen-bond donors (Lipinski definition) is 1. The predicted molar refractivity (Wildman–Crippen MR) is 88.0 cm³/mol. The van der Waals surface area contributed by atoms with E-state index >= 15 is 0 Å². The summed E-state index contributed by atoms with van der Waals surface area (Å²) >= 11 is 7.62. The molecule has 1 saturated carbocycles. The number of halogens is 1. The van der Waals surface area contributed by atoms with Crippen molar-refractivity contribution in [2.45, 2.75) is 31.2 Å². The summed E-state index contributed by atoms with van der Waals surface area (Å²) < 4.78 is 10.8. The quantitative estimate of drug-likeness (QED) is 0.931. The second-order valence-corrected chi connectivity index (χ2v) is 7.37. The fourth-order valence-electron chi connectivity index (χ4n) is 3.15. The Morgan fingerprint density at radius 1 is 1.55 bits per heavy atom. The monoisotopic (exact) mass is 339 g/mol. The minimum Gasteiger partial charge on any atom is -0.395 e. The van der Waals surface area contributed by atoms with E-state index in [2.05, 4.69) is 22.3 Å². The van der Waals surface area contributed by atoms with E-state index in [9.17, 15) is 5.11 Å². The minimum absolute atomic E-state index is 0.124. The number of morpholine rings is 1. The predicted octanol–water partition coefficient (Wildman–Crippen LogP) is 2.59. The second-order valence-electron chi connectivity index (χ2n) is 6.23. The molecule has 0 radical (unpaired) electrons. The van der Waals surface area contributed by atoms with E-state index in [0.29, 0.717) is 18.4 Å². The molecule has 3 heterocycles. The third-order valence-corrected chi connectivity index (χ3v) is 5.99.